The molecule has 0 radical (unpaired) electrons. The average molecular weight is 205 g/mol. The predicted octanol–water partition coefficient (Wildman–Crippen LogP) is 1.62. The molecular weight excluding hydrogens is 190 g/mol. The van der Waals surface area contributed by atoms with Gasteiger partial charge in [-0.05, 0) is 6.42 Å². The molecule has 0 aliphatic carbocycles. The lowest BCUT2D eigenvalue weighted by Gasteiger charge is -1.90. The summed E-state index contributed by atoms with van der Waals surface area (Å²) in [7, 11) is 0. The molecule has 5 nitrogen and oxygen atoms in total. The molecule has 1 heterocycles. The number of rotatable bonds is 3. The zero-order valence-corrected chi connectivity index (χ0v) is 9.06. The molecule has 15 heavy (non-hydrogen) atoms. The lowest BCUT2D eigenvalue weighted by Crippen LogP contribution is -2.30. The third kappa shape index (κ3) is 7.17. The van der Waals surface area contributed by atoms with E-state index in [1.807, 2.05) is 6.33 Å². The molecule has 0 aromatic carbocycles. The summed E-state index contributed by atoms with van der Waals surface area (Å²) >= 11 is 0. The number of hydrogen-bond acceptors (Lipinski definition) is 2. The first-order valence-corrected chi connectivity index (χ1v) is 4.76. The number of imidazole rings is 1. The van der Waals surface area contributed by atoms with Crippen molar-refractivity contribution >= 4 is 6.01 Å². The van der Waals surface area contributed by atoms with Crippen LogP contribution in [0.2, 0.25) is 0 Å². The lowest BCUT2D eigenvalue weighted by molar-refractivity contribution is -0.696. The van der Waals surface area contributed by atoms with Gasteiger partial charge in [-0.15, -0.1) is 6.01 Å². The number of H-pyrrole nitrogens is 1. The van der Waals surface area contributed by atoms with Gasteiger partial charge in [-0.1, -0.05) is 13.3 Å². The topological polar surface area (TPSA) is 78.1 Å². The van der Waals surface area contributed by atoms with Crippen molar-refractivity contribution in [1.82, 2.24) is 4.98 Å². The van der Waals surface area contributed by atoms with Crippen molar-refractivity contribution in [2.45, 2.75) is 33.2 Å². The van der Waals surface area contributed by atoms with Crippen LogP contribution in [0.4, 0.5) is 0 Å². The smallest absolute Gasteiger partial charge is 0.241 e. The van der Waals surface area contributed by atoms with Crippen molar-refractivity contribution in [3.8, 4) is 6.19 Å². The Kier molecular flexibility index (Phi) is 7.56. The fourth-order valence-electron chi connectivity index (χ4n) is 1.00. The van der Waals surface area contributed by atoms with Gasteiger partial charge < -0.3 is 10.4 Å². The van der Waals surface area contributed by atoms with Crippen LogP contribution in [0.25, 0.3) is 5.41 Å². The van der Waals surface area contributed by atoms with Gasteiger partial charge in [0.25, 0.3) is 0 Å². The van der Waals surface area contributed by atoms with E-state index in [0.717, 1.165) is 6.54 Å². The number of hydrogen-bond donors (Lipinski definition) is 1. The highest BCUT2D eigenvalue weighted by atomic mass is 15.0. The SMILES string of the molecule is CCCC[n+]1c[nH]c(C)c1.N#CN=C=[N-]. The fourth-order valence-corrected chi connectivity index (χ4v) is 1.00. The molecule has 0 aliphatic rings. The highest BCUT2D eigenvalue weighted by Crippen LogP contribution is 1.87. The standard InChI is InChI=1S/C8H14N2.C2N3/c1-3-4-5-10-6-8(2)9-7-10;3-1-5-2-4/h6-7H,3-5H2,1-2H3;/q;-1/p+1. The normalized spacial score (nSPS) is 8.07. The van der Waals surface area contributed by atoms with E-state index >= 15 is 0 Å². The zero-order chi connectivity index (χ0) is 11.5. The number of nitrogens with zero attached hydrogens (tertiary/aromatic N) is 4. The van der Waals surface area contributed by atoms with Gasteiger partial charge in [-0.3, -0.25) is 0 Å². The molecule has 0 aliphatic heterocycles. The van der Waals surface area contributed by atoms with Crippen molar-refractivity contribution in [2.75, 3.05) is 0 Å². The van der Waals surface area contributed by atoms with Crippen LogP contribution in [0.3, 0.4) is 0 Å². The monoisotopic (exact) mass is 205 g/mol. The van der Waals surface area contributed by atoms with Crippen molar-refractivity contribution in [3.05, 3.63) is 23.6 Å². The maximum Gasteiger partial charge on any atom is 0.241 e. The minimum Gasteiger partial charge on any atom is -0.422 e. The summed E-state index contributed by atoms with van der Waals surface area (Å²) in [6.45, 7) is 5.42. The third-order valence-corrected chi connectivity index (χ3v) is 1.69. The van der Waals surface area contributed by atoms with E-state index in [-0.39, 0.29) is 0 Å². The van der Waals surface area contributed by atoms with E-state index in [1.54, 1.807) is 0 Å². The van der Waals surface area contributed by atoms with Crippen LogP contribution in [0.5, 0.6) is 0 Å². The fraction of sp³-hybridized carbons (Fsp3) is 0.500. The number of nitriles is 1. The summed E-state index contributed by atoms with van der Waals surface area (Å²) in [5, 5.41) is 14.9. The summed E-state index contributed by atoms with van der Waals surface area (Å²) in [5.41, 5.74) is 1.23. The van der Waals surface area contributed by atoms with Crippen LogP contribution in [0.1, 0.15) is 25.5 Å². The van der Waals surface area contributed by atoms with Gasteiger partial charge in [0.1, 0.15) is 11.9 Å². The maximum absolute atomic E-state index is 7.43. The Bertz CT molecular complexity index is 354. The molecule has 0 fully saturated rings. The van der Waals surface area contributed by atoms with Crippen molar-refractivity contribution < 1.29 is 4.57 Å². The zero-order valence-electron chi connectivity index (χ0n) is 9.06. The molecule has 0 atom stereocenters. The van der Waals surface area contributed by atoms with Crippen LogP contribution < -0.4 is 4.57 Å². The first-order valence-electron chi connectivity index (χ1n) is 4.76. The molecule has 0 amide bonds. The second-order valence-electron chi connectivity index (χ2n) is 2.99. The quantitative estimate of drug-likeness (QED) is 0.454. The minimum atomic E-state index is 1.14. The summed E-state index contributed by atoms with van der Waals surface area (Å²) in [5.74, 6) is 0. The summed E-state index contributed by atoms with van der Waals surface area (Å²) < 4.78 is 2.19. The molecule has 5 heteroatoms. The summed E-state index contributed by atoms with van der Waals surface area (Å²) in [6, 6.07) is 1.28. The molecule has 0 saturated heterocycles. The van der Waals surface area contributed by atoms with Crippen LogP contribution in [-0.4, -0.2) is 11.0 Å². The number of unbranched alkanes of at least 4 members (excludes halogenated alkanes) is 1. The van der Waals surface area contributed by atoms with E-state index in [2.05, 4.69) is 34.6 Å². The highest BCUT2D eigenvalue weighted by Gasteiger charge is 1.97. The number of nitrogens with one attached hydrogen (secondary N) is 1. The predicted molar refractivity (Wildman–Crippen MR) is 57.0 cm³/mol. The minimum absolute atomic E-state index is 1.14. The maximum atomic E-state index is 7.43. The molecule has 0 bridgehead atoms. The van der Waals surface area contributed by atoms with E-state index in [9.17, 15) is 0 Å². The van der Waals surface area contributed by atoms with Gasteiger partial charge in [0.15, 0.2) is 0 Å². The first kappa shape index (κ1) is 13.1. The highest BCUT2D eigenvalue weighted by molar-refractivity contribution is 5.46. The van der Waals surface area contributed by atoms with Crippen molar-refractivity contribution in [2.24, 2.45) is 4.99 Å². The van der Waals surface area contributed by atoms with Gasteiger partial charge in [0.05, 0.1) is 12.7 Å². The second-order valence-corrected chi connectivity index (χ2v) is 2.99. The van der Waals surface area contributed by atoms with E-state index in [4.69, 9.17) is 10.7 Å². The number of aryl methyl sites for hydroxylation is 2. The molecule has 1 aromatic heterocycles. The van der Waals surface area contributed by atoms with E-state index < -0.39 is 0 Å². The van der Waals surface area contributed by atoms with Gasteiger partial charge in [0, 0.05) is 6.92 Å². The van der Waals surface area contributed by atoms with Crippen LogP contribution >= 0.6 is 0 Å². The Balaban J connectivity index is 0.000000336. The Morgan fingerprint density at radius 1 is 1.67 bits per heavy atom. The number of aliphatic imine (C=N–C) groups is 1. The lowest BCUT2D eigenvalue weighted by atomic mass is 10.3. The summed E-state index contributed by atoms with van der Waals surface area (Å²) in [6.07, 6.45) is 7.96. The van der Waals surface area contributed by atoms with E-state index in [0.29, 0.717) is 0 Å². The molecule has 0 spiro atoms. The Labute approximate surface area is 89.6 Å². The molecular formula is C10H15N5. The second kappa shape index (κ2) is 8.67. The van der Waals surface area contributed by atoms with Crippen LogP contribution in [-0.2, 0) is 6.54 Å². The third-order valence-electron chi connectivity index (χ3n) is 1.69. The Hall–Kier alpha value is -1.92. The molecule has 0 unspecified atom stereocenters. The first-order chi connectivity index (χ1) is 7.24. The van der Waals surface area contributed by atoms with Gasteiger partial charge in [-0.2, -0.15) is 5.26 Å². The Morgan fingerprint density at radius 3 is 2.73 bits per heavy atom. The Morgan fingerprint density at radius 2 is 2.40 bits per heavy atom. The molecule has 80 valence electrons. The molecule has 1 N–H and O–H groups in total. The van der Waals surface area contributed by atoms with Crippen LogP contribution in [0.15, 0.2) is 17.5 Å². The van der Waals surface area contributed by atoms with E-state index in [1.165, 1.54) is 30.7 Å². The molecule has 1 aromatic rings. The average Bonchev–Trinajstić information content (AvgIpc) is 2.63. The van der Waals surface area contributed by atoms with Gasteiger partial charge in [-0.25, -0.2) is 9.55 Å². The van der Waals surface area contributed by atoms with Gasteiger partial charge >= 0.3 is 0 Å². The molecule has 1 rings (SSSR count). The summed E-state index contributed by atoms with van der Waals surface area (Å²) in [4.78, 5) is 5.72. The van der Waals surface area contributed by atoms with Crippen molar-refractivity contribution in [1.29, 1.82) is 5.26 Å². The van der Waals surface area contributed by atoms with Gasteiger partial charge in [0.2, 0.25) is 6.33 Å². The number of aromatic amines is 1. The van der Waals surface area contributed by atoms with Crippen molar-refractivity contribution in [3.63, 3.8) is 0 Å². The largest absolute Gasteiger partial charge is 0.422 e. The number of aromatic nitrogens is 2. The molecule has 0 saturated carbocycles. The van der Waals surface area contributed by atoms with Crippen LogP contribution in [0, 0.1) is 18.4 Å².